The van der Waals surface area contributed by atoms with Crippen LogP contribution in [0.2, 0.25) is 0 Å². The molecule has 2 unspecified atom stereocenters. The van der Waals surface area contributed by atoms with Crippen LogP contribution in [0, 0.1) is 11.3 Å². The topological polar surface area (TPSA) is 43.4 Å². The van der Waals surface area contributed by atoms with Crippen LogP contribution < -0.4 is 0 Å². The van der Waals surface area contributed by atoms with Gasteiger partial charge < -0.3 is 4.74 Å². The van der Waals surface area contributed by atoms with Crippen molar-refractivity contribution in [2.45, 2.75) is 50.9 Å². The molecule has 3 nitrogen and oxygen atoms in total. The minimum absolute atomic E-state index is 0.0448. The predicted molar refractivity (Wildman–Crippen MR) is 76.8 cm³/mol. The summed E-state index contributed by atoms with van der Waals surface area (Å²) in [6.07, 6.45) is 4.50. The highest BCUT2D eigenvalue weighted by molar-refractivity contribution is 9.09. The summed E-state index contributed by atoms with van der Waals surface area (Å²) in [5.74, 6) is 0.967. The summed E-state index contributed by atoms with van der Waals surface area (Å²) in [6, 6.07) is 0. The van der Waals surface area contributed by atoms with Crippen molar-refractivity contribution in [1.29, 1.82) is 0 Å². The Kier molecular flexibility index (Phi) is 4.44. The second-order valence-corrected chi connectivity index (χ2v) is 9.28. The molecule has 0 bridgehead atoms. The molecule has 0 aromatic rings. The van der Waals surface area contributed by atoms with Crippen molar-refractivity contribution in [3.63, 3.8) is 0 Å². The first-order chi connectivity index (χ1) is 8.41. The van der Waals surface area contributed by atoms with Crippen molar-refractivity contribution < 1.29 is 13.2 Å². The van der Waals surface area contributed by atoms with Crippen LogP contribution in [0.25, 0.3) is 0 Å². The van der Waals surface area contributed by atoms with Gasteiger partial charge in [-0.3, -0.25) is 0 Å². The van der Waals surface area contributed by atoms with Gasteiger partial charge in [0.2, 0.25) is 0 Å². The van der Waals surface area contributed by atoms with Crippen molar-refractivity contribution >= 4 is 25.8 Å². The lowest BCUT2D eigenvalue weighted by molar-refractivity contribution is 0.0400. The van der Waals surface area contributed by atoms with Crippen LogP contribution in [0.3, 0.4) is 0 Å². The van der Waals surface area contributed by atoms with Crippen LogP contribution in [0.5, 0.6) is 0 Å². The molecule has 1 aliphatic heterocycles. The van der Waals surface area contributed by atoms with Gasteiger partial charge in [0.1, 0.15) is 0 Å². The van der Waals surface area contributed by atoms with E-state index >= 15 is 0 Å². The molecule has 1 aliphatic carbocycles. The second kappa shape index (κ2) is 5.41. The van der Waals surface area contributed by atoms with Gasteiger partial charge in [0.05, 0.1) is 17.1 Å². The Morgan fingerprint density at radius 3 is 2.56 bits per heavy atom. The first kappa shape index (κ1) is 14.8. The van der Waals surface area contributed by atoms with E-state index in [0.717, 1.165) is 24.8 Å². The van der Waals surface area contributed by atoms with Gasteiger partial charge >= 0.3 is 0 Å². The Bertz CT molecular complexity index is 389. The number of sulfone groups is 1. The minimum Gasteiger partial charge on any atom is -0.377 e. The van der Waals surface area contributed by atoms with Crippen LogP contribution in [0.1, 0.15) is 39.5 Å². The van der Waals surface area contributed by atoms with E-state index in [9.17, 15) is 8.42 Å². The summed E-state index contributed by atoms with van der Waals surface area (Å²) in [5, 5.41) is 0.584. The van der Waals surface area contributed by atoms with Gasteiger partial charge in [-0.1, -0.05) is 15.9 Å². The molecule has 0 aromatic carbocycles. The number of hydrogen-bond donors (Lipinski definition) is 0. The number of halogens is 1. The molecule has 5 heteroatoms. The molecule has 2 fully saturated rings. The van der Waals surface area contributed by atoms with Crippen molar-refractivity contribution in [3.05, 3.63) is 0 Å². The van der Waals surface area contributed by atoms with E-state index in [1.165, 1.54) is 12.8 Å². The molecule has 106 valence electrons. The zero-order valence-electron chi connectivity index (χ0n) is 11.2. The molecule has 18 heavy (non-hydrogen) atoms. The smallest absolute Gasteiger partial charge is 0.152 e. The SMILES string of the molecule is CC(C)S(=O)(=O)CCC1(CBr)CCOC1C1CC1. The van der Waals surface area contributed by atoms with Gasteiger partial charge in [0.15, 0.2) is 9.84 Å². The van der Waals surface area contributed by atoms with Crippen molar-refractivity contribution in [2.24, 2.45) is 11.3 Å². The highest BCUT2D eigenvalue weighted by atomic mass is 79.9. The Labute approximate surface area is 119 Å². The molecule has 0 N–H and O–H groups in total. The van der Waals surface area contributed by atoms with Gasteiger partial charge in [0.25, 0.3) is 0 Å². The third-order valence-corrected chi connectivity index (χ3v) is 7.75. The lowest BCUT2D eigenvalue weighted by atomic mass is 9.78. The fraction of sp³-hybridized carbons (Fsp3) is 1.00. The van der Waals surface area contributed by atoms with Crippen LogP contribution in [-0.2, 0) is 14.6 Å². The highest BCUT2D eigenvalue weighted by Gasteiger charge is 2.50. The third kappa shape index (κ3) is 2.93. The molecule has 1 heterocycles. The molecular formula is C13H23BrO3S. The van der Waals surface area contributed by atoms with Crippen molar-refractivity contribution in [2.75, 3.05) is 17.7 Å². The van der Waals surface area contributed by atoms with Gasteiger partial charge in [-0.2, -0.15) is 0 Å². The number of rotatable bonds is 6. The zero-order chi connectivity index (χ0) is 13.4. The van der Waals surface area contributed by atoms with E-state index in [-0.39, 0.29) is 16.8 Å². The lowest BCUT2D eigenvalue weighted by Crippen LogP contribution is -2.37. The summed E-state index contributed by atoms with van der Waals surface area (Å²) >= 11 is 3.60. The molecule has 2 aliphatic rings. The van der Waals surface area contributed by atoms with Crippen LogP contribution >= 0.6 is 15.9 Å². The molecule has 0 amide bonds. The van der Waals surface area contributed by atoms with Crippen molar-refractivity contribution in [3.8, 4) is 0 Å². The fourth-order valence-corrected chi connectivity index (χ4v) is 4.84. The van der Waals surface area contributed by atoms with E-state index in [0.29, 0.717) is 11.7 Å². The predicted octanol–water partition coefficient (Wildman–Crippen LogP) is 2.78. The van der Waals surface area contributed by atoms with Crippen molar-refractivity contribution in [1.82, 2.24) is 0 Å². The molecule has 0 spiro atoms. The Morgan fingerprint density at radius 1 is 1.39 bits per heavy atom. The van der Waals surface area contributed by atoms with Crippen LogP contribution in [-0.4, -0.2) is 37.5 Å². The molecule has 0 aromatic heterocycles. The largest absolute Gasteiger partial charge is 0.377 e. The summed E-state index contributed by atoms with van der Waals surface area (Å²) in [5.41, 5.74) is 0.0448. The van der Waals surface area contributed by atoms with Gasteiger partial charge in [-0.05, 0) is 45.4 Å². The van der Waals surface area contributed by atoms with Gasteiger partial charge in [-0.25, -0.2) is 8.42 Å². The highest BCUT2D eigenvalue weighted by Crippen LogP contribution is 2.50. The number of hydrogen-bond acceptors (Lipinski definition) is 3. The molecule has 1 saturated heterocycles. The summed E-state index contributed by atoms with van der Waals surface area (Å²) in [7, 11) is -2.94. The Hall–Kier alpha value is 0.390. The average molecular weight is 339 g/mol. The third-order valence-electron chi connectivity index (χ3n) is 4.42. The Balaban J connectivity index is 2.04. The van der Waals surface area contributed by atoms with E-state index < -0.39 is 9.84 Å². The quantitative estimate of drug-likeness (QED) is 0.699. The van der Waals surface area contributed by atoms with E-state index in [2.05, 4.69) is 15.9 Å². The summed E-state index contributed by atoms with van der Waals surface area (Å²) in [6.45, 7) is 4.31. The molecule has 1 saturated carbocycles. The monoisotopic (exact) mass is 338 g/mol. The minimum atomic E-state index is -2.94. The number of alkyl halides is 1. The summed E-state index contributed by atoms with van der Waals surface area (Å²) < 4.78 is 29.8. The molecule has 0 radical (unpaired) electrons. The second-order valence-electron chi connectivity index (χ2n) is 6.04. The van der Waals surface area contributed by atoms with Gasteiger partial charge in [-0.15, -0.1) is 0 Å². The van der Waals surface area contributed by atoms with Crippen LogP contribution in [0.15, 0.2) is 0 Å². The van der Waals surface area contributed by atoms with Gasteiger partial charge in [0, 0.05) is 17.4 Å². The normalized spacial score (nSPS) is 33.2. The molecular weight excluding hydrogens is 316 g/mol. The molecule has 2 atom stereocenters. The first-order valence-electron chi connectivity index (χ1n) is 6.80. The maximum Gasteiger partial charge on any atom is 0.152 e. The van der Waals surface area contributed by atoms with Crippen LogP contribution in [0.4, 0.5) is 0 Å². The van der Waals surface area contributed by atoms with E-state index in [1.54, 1.807) is 13.8 Å². The maximum atomic E-state index is 12.0. The lowest BCUT2D eigenvalue weighted by Gasteiger charge is -2.32. The first-order valence-corrected chi connectivity index (χ1v) is 9.64. The maximum absolute atomic E-state index is 12.0. The summed E-state index contributed by atoms with van der Waals surface area (Å²) in [4.78, 5) is 0. The van der Waals surface area contributed by atoms with E-state index in [1.807, 2.05) is 0 Å². The fourth-order valence-electron chi connectivity index (χ4n) is 2.80. The molecule has 2 rings (SSSR count). The standard InChI is InChI=1S/C13H23BrO3S/c1-10(2)18(15,16)8-6-13(9-14)5-7-17-12(13)11-3-4-11/h10-12H,3-9H2,1-2H3. The van der Waals surface area contributed by atoms with E-state index in [4.69, 9.17) is 4.74 Å². The zero-order valence-corrected chi connectivity index (χ0v) is 13.6. The Morgan fingerprint density at radius 2 is 2.06 bits per heavy atom. The average Bonchev–Trinajstić information content (AvgIpc) is 3.07. The number of ether oxygens (including phenoxy) is 1.